The molecule has 0 aliphatic carbocycles. The number of hydrogen-bond donors (Lipinski definition) is 1. The summed E-state index contributed by atoms with van der Waals surface area (Å²) < 4.78 is 25.5. The van der Waals surface area contributed by atoms with E-state index in [0.717, 1.165) is 0 Å². The number of hydrogen-bond acceptors (Lipinski definition) is 5. The predicted molar refractivity (Wildman–Crippen MR) is 117 cm³/mol. The number of anilines is 2. The second-order valence-corrected chi connectivity index (χ2v) is 7.27. The molecule has 4 aromatic rings. The molecule has 0 bridgehead atoms. The van der Waals surface area contributed by atoms with E-state index in [1.807, 2.05) is 29.2 Å². The summed E-state index contributed by atoms with van der Waals surface area (Å²) >= 11 is 0. The van der Waals surface area contributed by atoms with Crippen LogP contribution in [0.5, 0.6) is 0 Å². The second-order valence-electron chi connectivity index (χ2n) is 7.27. The molecule has 0 atom stereocenters. The molecule has 3 heterocycles. The molecular weight excluding hydrogens is 397 g/mol. The summed E-state index contributed by atoms with van der Waals surface area (Å²) in [6.45, 7) is 2.43. The Bertz CT molecular complexity index is 1230. The van der Waals surface area contributed by atoms with Gasteiger partial charge in [0, 0.05) is 24.2 Å². The van der Waals surface area contributed by atoms with Gasteiger partial charge in [-0.1, -0.05) is 18.2 Å². The smallest absolute Gasteiger partial charge is 0.256 e. The van der Waals surface area contributed by atoms with Gasteiger partial charge in [-0.3, -0.25) is 4.79 Å². The molecular formula is C24H20FN3O3. The van der Waals surface area contributed by atoms with Gasteiger partial charge in [0.2, 0.25) is 0 Å². The molecule has 1 amide bonds. The second kappa shape index (κ2) is 8.20. The Morgan fingerprint density at radius 2 is 1.87 bits per heavy atom. The maximum Gasteiger partial charge on any atom is 0.256 e. The number of nitrogens with zero attached hydrogens (tertiary/aromatic N) is 2. The molecule has 1 saturated heterocycles. The lowest BCUT2D eigenvalue weighted by Crippen LogP contribution is -2.36. The zero-order valence-corrected chi connectivity index (χ0v) is 16.7. The van der Waals surface area contributed by atoms with Crippen LogP contribution in [-0.4, -0.2) is 37.2 Å². The summed E-state index contributed by atoms with van der Waals surface area (Å²) in [4.78, 5) is 19.7. The summed E-state index contributed by atoms with van der Waals surface area (Å²) in [6, 6.07) is 17.4. The number of amides is 1. The van der Waals surface area contributed by atoms with Gasteiger partial charge in [-0.2, -0.15) is 0 Å². The average Bonchev–Trinajstić information content (AvgIpc) is 3.34. The Hall–Kier alpha value is -3.71. The number of halogens is 1. The van der Waals surface area contributed by atoms with E-state index in [1.54, 1.807) is 36.6 Å². The normalized spacial score (nSPS) is 14.0. The van der Waals surface area contributed by atoms with E-state index >= 15 is 0 Å². The highest BCUT2D eigenvalue weighted by Gasteiger charge is 2.18. The number of ether oxygens (including phenoxy) is 1. The SMILES string of the molecule is O=C(Nc1ccc(N2CCOCC2)c(F)c1)c1cc(-c2ccco2)nc2ccccc12. The number of aromatic nitrogens is 1. The lowest BCUT2D eigenvalue weighted by Gasteiger charge is -2.29. The highest BCUT2D eigenvalue weighted by molar-refractivity contribution is 6.13. The molecule has 1 N–H and O–H groups in total. The number of furan rings is 1. The molecule has 0 unspecified atom stereocenters. The summed E-state index contributed by atoms with van der Waals surface area (Å²) in [5, 5.41) is 3.52. The van der Waals surface area contributed by atoms with Gasteiger partial charge in [-0.15, -0.1) is 0 Å². The fraction of sp³-hybridized carbons (Fsp3) is 0.167. The molecule has 2 aromatic carbocycles. The average molecular weight is 417 g/mol. The van der Waals surface area contributed by atoms with Gasteiger partial charge < -0.3 is 19.4 Å². The van der Waals surface area contributed by atoms with Crippen LogP contribution in [0.2, 0.25) is 0 Å². The highest BCUT2D eigenvalue weighted by Crippen LogP contribution is 2.27. The van der Waals surface area contributed by atoms with Crippen molar-refractivity contribution in [3.8, 4) is 11.5 Å². The lowest BCUT2D eigenvalue weighted by molar-refractivity contribution is 0.102. The molecule has 5 rings (SSSR count). The molecule has 1 fully saturated rings. The number of nitrogens with one attached hydrogen (secondary N) is 1. The highest BCUT2D eigenvalue weighted by atomic mass is 19.1. The van der Waals surface area contributed by atoms with Gasteiger partial charge in [0.15, 0.2) is 5.76 Å². The van der Waals surface area contributed by atoms with Crippen LogP contribution in [0.15, 0.2) is 71.3 Å². The number of morpholine rings is 1. The zero-order valence-electron chi connectivity index (χ0n) is 16.7. The Morgan fingerprint density at radius 1 is 1.03 bits per heavy atom. The van der Waals surface area contributed by atoms with Crippen LogP contribution in [0.3, 0.4) is 0 Å². The van der Waals surface area contributed by atoms with Crippen molar-refractivity contribution < 1.29 is 18.3 Å². The molecule has 1 aliphatic heterocycles. The molecule has 7 heteroatoms. The quantitative estimate of drug-likeness (QED) is 0.520. The third-order valence-electron chi connectivity index (χ3n) is 5.29. The minimum absolute atomic E-state index is 0.343. The Morgan fingerprint density at radius 3 is 2.65 bits per heavy atom. The third kappa shape index (κ3) is 3.87. The first-order valence-corrected chi connectivity index (χ1v) is 10.1. The van der Waals surface area contributed by atoms with Crippen LogP contribution in [0.25, 0.3) is 22.4 Å². The van der Waals surface area contributed by atoms with Crippen molar-refractivity contribution in [3.63, 3.8) is 0 Å². The zero-order chi connectivity index (χ0) is 21.2. The first-order chi connectivity index (χ1) is 15.2. The molecule has 0 spiro atoms. The van der Waals surface area contributed by atoms with E-state index in [1.165, 1.54) is 6.07 Å². The minimum atomic E-state index is -0.379. The van der Waals surface area contributed by atoms with Crippen LogP contribution in [0.4, 0.5) is 15.8 Å². The predicted octanol–water partition coefficient (Wildman–Crippen LogP) is 4.72. The summed E-state index contributed by atoms with van der Waals surface area (Å²) in [7, 11) is 0. The van der Waals surface area contributed by atoms with Gasteiger partial charge >= 0.3 is 0 Å². The Kier molecular flexibility index (Phi) is 5.09. The van der Waals surface area contributed by atoms with E-state index in [-0.39, 0.29) is 11.7 Å². The molecule has 1 aliphatic rings. The first kappa shape index (κ1) is 19.3. The van der Waals surface area contributed by atoms with Crippen molar-refractivity contribution in [2.45, 2.75) is 0 Å². The van der Waals surface area contributed by atoms with Crippen LogP contribution < -0.4 is 10.2 Å². The standard InChI is InChI=1S/C24H20FN3O3/c25-19-14-16(7-8-22(19)28-9-12-30-13-10-28)26-24(29)18-15-21(23-6-3-11-31-23)27-20-5-2-1-4-17(18)20/h1-8,11,14-15H,9-10,12-13H2,(H,26,29). The molecule has 31 heavy (non-hydrogen) atoms. The third-order valence-corrected chi connectivity index (χ3v) is 5.29. The first-order valence-electron chi connectivity index (χ1n) is 10.1. The Balaban J connectivity index is 1.46. The number of rotatable bonds is 4. The van der Waals surface area contributed by atoms with Crippen molar-refractivity contribution in [1.82, 2.24) is 4.98 Å². The summed E-state index contributed by atoms with van der Waals surface area (Å²) in [5.74, 6) is -0.152. The van der Waals surface area contributed by atoms with Crippen molar-refractivity contribution in [2.75, 3.05) is 36.5 Å². The van der Waals surface area contributed by atoms with Crippen LogP contribution in [0.1, 0.15) is 10.4 Å². The molecule has 156 valence electrons. The number of para-hydroxylation sites is 1. The van der Waals surface area contributed by atoms with Gasteiger partial charge in [-0.25, -0.2) is 9.37 Å². The molecule has 0 radical (unpaired) electrons. The molecule has 2 aromatic heterocycles. The number of benzene rings is 2. The maximum atomic E-state index is 14.7. The number of carbonyl (C=O) groups is 1. The fourth-order valence-electron chi connectivity index (χ4n) is 3.76. The van der Waals surface area contributed by atoms with Crippen LogP contribution in [-0.2, 0) is 4.74 Å². The van der Waals surface area contributed by atoms with Gasteiger partial charge in [0.1, 0.15) is 11.5 Å². The number of fused-ring (bicyclic) bond motifs is 1. The van der Waals surface area contributed by atoms with E-state index in [2.05, 4.69) is 10.3 Å². The van der Waals surface area contributed by atoms with Crippen LogP contribution >= 0.6 is 0 Å². The van der Waals surface area contributed by atoms with Crippen molar-refractivity contribution in [1.29, 1.82) is 0 Å². The monoisotopic (exact) mass is 417 g/mol. The number of carbonyl (C=O) groups excluding carboxylic acids is 1. The minimum Gasteiger partial charge on any atom is -0.463 e. The van der Waals surface area contributed by atoms with Crippen molar-refractivity contribution in [2.24, 2.45) is 0 Å². The van der Waals surface area contributed by atoms with Crippen molar-refractivity contribution in [3.05, 3.63) is 78.3 Å². The molecule has 0 saturated carbocycles. The van der Waals surface area contributed by atoms with Crippen LogP contribution in [0, 0.1) is 5.82 Å². The van der Waals surface area contributed by atoms with Gasteiger partial charge in [-0.05, 0) is 42.5 Å². The van der Waals surface area contributed by atoms with Gasteiger partial charge in [0.25, 0.3) is 5.91 Å². The summed E-state index contributed by atoms with van der Waals surface area (Å²) in [6.07, 6.45) is 1.56. The maximum absolute atomic E-state index is 14.7. The van der Waals surface area contributed by atoms with Crippen molar-refractivity contribution >= 4 is 28.2 Å². The van der Waals surface area contributed by atoms with E-state index in [0.29, 0.717) is 65.6 Å². The van der Waals surface area contributed by atoms with E-state index in [4.69, 9.17) is 9.15 Å². The Labute approximate surface area is 178 Å². The summed E-state index contributed by atoms with van der Waals surface area (Å²) in [5.41, 5.74) is 2.57. The molecule has 6 nitrogen and oxygen atoms in total. The lowest BCUT2D eigenvalue weighted by atomic mass is 10.1. The van der Waals surface area contributed by atoms with E-state index < -0.39 is 0 Å². The van der Waals surface area contributed by atoms with E-state index in [9.17, 15) is 9.18 Å². The topological polar surface area (TPSA) is 67.6 Å². The fourth-order valence-corrected chi connectivity index (χ4v) is 3.76. The number of pyridine rings is 1. The largest absolute Gasteiger partial charge is 0.463 e. The van der Waals surface area contributed by atoms with Gasteiger partial charge in [0.05, 0.1) is 36.2 Å².